The number of aryl methyl sites for hydroxylation is 1. The molecular weight excluding hydrogens is 266 g/mol. The van der Waals surface area contributed by atoms with Gasteiger partial charge in [0.2, 0.25) is 5.89 Å². The standard InChI is InChI=1S/C12H21N3O3S/c1-9(4-6-13)2-3-11-14-12(15-18-11)10-5-7-19(16,17)8-10/h9-10H,2-8,13H2,1H3. The van der Waals surface area contributed by atoms with E-state index < -0.39 is 9.84 Å². The summed E-state index contributed by atoms with van der Waals surface area (Å²) in [6.07, 6.45) is 3.28. The number of hydrogen-bond acceptors (Lipinski definition) is 6. The summed E-state index contributed by atoms with van der Waals surface area (Å²) in [4.78, 5) is 4.32. The van der Waals surface area contributed by atoms with Crippen LogP contribution in [0.5, 0.6) is 0 Å². The lowest BCUT2D eigenvalue weighted by atomic mass is 10.0. The largest absolute Gasteiger partial charge is 0.339 e. The van der Waals surface area contributed by atoms with E-state index >= 15 is 0 Å². The van der Waals surface area contributed by atoms with Gasteiger partial charge in [-0.2, -0.15) is 4.98 Å². The Morgan fingerprint density at radius 2 is 2.26 bits per heavy atom. The molecule has 0 aliphatic carbocycles. The predicted molar refractivity (Wildman–Crippen MR) is 71.5 cm³/mol. The van der Waals surface area contributed by atoms with Crippen molar-refractivity contribution < 1.29 is 12.9 Å². The Kier molecular flexibility index (Phi) is 4.57. The van der Waals surface area contributed by atoms with Crippen molar-refractivity contribution in [3.8, 4) is 0 Å². The van der Waals surface area contributed by atoms with Gasteiger partial charge in [-0.25, -0.2) is 8.42 Å². The molecule has 7 heteroatoms. The van der Waals surface area contributed by atoms with Crippen LogP contribution >= 0.6 is 0 Å². The lowest BCUT2D eigenvalue weighted by molar-refractivity contribution is 0.356. The number of nitrogens with two attached hydrogens (primary N) is 1. The van der Waals surface area contributed by atoms with E-state index in [1.807, 2.05) is 0 Å². The molecule has 2 heterocycles. The number of sulfone groups is 1. The molecule has 0 saturated carbocycles. The maximum Gasteiger partial charge on any atom is 0.226 e. The molecule has 0 aromatic carbocycles. The third-order valence-corrected chi connectivity index (χ3v) is 5.36. The summed E-state index contributed by atoms with van der Waals surface area (Å²) in [5, 5.41) is 3.91. The molecule has 0 spiro atoms. The Hall–Kier alpha value is -0.950. The molecule has 1 aromatic heterocycles. The van der Waals surface area contributed by atoms with E-state index in [0.29, 0.717) is 30.6 Å². The van der Waals surface area contributed by atoms with Crippen LogP contribution in [0, 0.1) is 5.92 Å². The van der Waals surface area contributed by atoms with E-state index in [4.69, 9.17) is 10.3 Å². The van der Waals surface area contributed by atoms with Crippen LogP contribution in [0.25, 0.3) is 0 Å². The van der Waals surface area contributed by atoms with Gasteiger partial charge >= 0.3 is 0 Å². The maximum absolute atomic E-state index is 11.4. The van der Waals surface area contributed by atoms with Crippen LogP contribution in [0.15, 0.2) is 4.52 Å². The first-order valence-corrected chi connectivity index (χ1v) is 8.55. The third-order valence-electron chi connectivity index (χ3n) is 3.59. The van der Waals surface area contributed by atoms with Crippen molar-refractivity contribution in [2.24, 2.45) is 11.7 Å². The number of nitrogens with zero attached hydrogens (tertiary/aromatic N) is 2. The first-order valence-electron chi connectivity index (χ1n) is 6.73. The summed E-state index contributed by atoms with van der Waals surface area (Å²) in [6.45, 7) is 2.84. The summed E-state index contributed by atoms with van der Waals surface area (Å²) in [5.41, 5.74) is 5.50. The van der Waals surface area contributed by atoms with Crippen LogP contribution < -0.4 is 5.73 Å². The molecule has 2 unspecified atom stereocenters. The smallest absolute Gasteiger partial charge is 0.226 e. The molecule has 1 aliphatic heterocycles. The Balaban J connectivity index is 1.89. The zero-order valence-electron chi connectivity index (χ0n) is 11.2. The van der Waals surface area contributed by atoms with E-state index in [0.717, 1.165) is 19.3 Å². The fourth-order valence-electron chi connectivity index (χ4n) is 2.33. The quantitative estimate of drug-likeness (QED) is 0.834. The van der Waals surface area contributed by atoms with Crippen LogP contribution in [0.1, 0.15) is 43.8 Å². The SMILES string of the molecule is CC(CCN)CCc1nc(C2CCS(=O)(=O)C2)no1. The predicted octanol–water partition coefficient (Wildman–Crippen LogP) is 0.889. The van der Waals surface area contributed by atoms with Gasteiger partial charge in [0.1, 0.15) is 0 Å². The summed E-state index contributed by atoms with van der Waals surface area (Å²) in [6, 6.07) is 0. The monoisotopic (exact) mass is 287 g/mol. The van der Waals surface area contributed by atoms with Gasteiger partial charge < -0.3 is 10.3 Å². The molecule has 1 aromatic rings. The van der Waals surface area contributed by atoms with Gasteiger partial charge in [-0.1, -0.05) is 12.1 Å². The van der Waals surface area contributed by atoms with Crippen molar-refractivity contribution in [2.45, 2.75) is 38.5 Å². The van der Waals surface area contributed by atoms with E-state index in [9.17, 15) is 8.42 Å². The highest BCUT2D eigenvalue weighted by Gasteiger charge is 2.32. The van der Waals surface area contributed by atoms with Gasteiger partial charge in [-0.3, -0.25) is 0 Å². The van der Waals surface area contributed by atoms with Crippen molar-refractivity contribution in [1.29, 1.82) is 0 Å². The Morgan fingerprint density at radius 1 is 1.47 bits per heavy atom. The number of hydrogen-bond donors (Lipinski definition) is 1. The average molecular weight is 287 g/mol. The minimum atomic E-state index is -2.90. The summed E-state index contributed by atoms with van der Waals surface area (Å²) in [5.74, 6) is 1.96. The lowest BCUT2D eigenvalue weighted by Crippen LogP contribution is -2.07. The van der Waals surface area contributed by atoms with E-state index in [1.54, 1.807) is 0 Å². The third kappa shape index (κ3) is 4.01. The second-order valence-electron chi connectivity index (χ2n) is 5.37. The first-order chi connectivity index (χ1) is 9.00. The van der Waals surface area contributed by atoms with Crippen molar-refractivity contribution in [3.63, 3.8) is 0 Å². The molecule has 6 nitrogen and oxygen atoms in total. The minimum absolute atomic E-state index is 0.0936. The Labute approximate surface area is 113 Å². The Morgan fingerprint density at radius 3 is 2.89 bits per heavy atom. The van der Waals surface area contributed by atoms with E-state index in [1.165, 1.54) is 0 Å². The van der Waals surface area contributed by atoms with Gasteiger partial charge in [0.05, 0.1) is 11.5 Å². The number of rotatable bonds is 6. The summed E-state index contributed by atoms with van der Waals surface area (Å²) in [7, 11) is -2.90. The van der Waals surface area contributed by atoms with Crippen molar-refractivity contribution >= 4 is 9.84 Å². The molecule has 1 aliphatic rings. The molecule has 2 atom stereocenters. The highest BCUT2D eigenvalue weighted by molar-refractivity contribution is 7.91. The fraction of sp³-hybridized carbons (Fsp3) is 0.833. The average Bonchev–Trinajstić information content (AvgIpc) is 2.93. The molecule has 0 bridgehead atoms. The second kappa shape index (κ2) is 6.00. The highest BCUT2D eigenvalue weighted by Crippen LogP contribution is 2.27. The first kappa shape index (κ1) is 14.5. The molecule has 0 radical (unpaired) electrons. The van der Waals surface area contributed by atoms with Crippen molar-refractivity contribution in [2.75, 3.05) is 18.1 Å². The zero-order chi connectivity index (χ0) is 13.9. The van der Waals surface area contributed by atoms with E-state index in [2.05, 4.69) is 17.1 Å². The molecule has 19 heavy (non-hydrogen) atoms. The zero-order valence-corrected chi connectivity index (χ0v) is 12.0. The molecule has 1 fully saturated rings. The second-order valence-corrected chi connectivity index (χ2v) is 7.60. The molecule has 2 rings (SSSR count). The Bertz CT molecular complexity index is 512. The van der Waals surface area contributed by atoms with Crippen molar-refractivity contribution in [1.82, 2.24) is 10.1 Å². The van der Waals surface area contributed by atoms with Gasteiger partial charge in [0.15, 0.2) is 15.7 Å². The maximum atomic E-state index is 11.4. The molecule has 0 amide bonds. The van der Waals surface area contributed by atoms with Crippen molar-refractivity contribution in [3.05, 3.63) is 11.7 Å². The van der Waals surface area contributed by atoms with Gasteiger partial charge in [0.25, 0.3) is 0 Å². The highest BCUT2D eigenvalue weighted by atomic mass is 32.2. The summed E-state index contributed by atoms with van der Waals surface area (Å²) >= 11 is 0. The molecule has 108 valence electrons. The molecular formula is C12H21N3O3S. The van der Waals surface area contributed by atoms with Gasteiger partial charge in [-0.05, 0) is 31.7 Å². The number of aromatic nitrogens is 2. The summed E-state index contributed by atoms with van der Waals surface area (Å²) < 4.78 is 28.0. The topological polar surface area (TPSA) is 99.1 Å². The van der Waals surface area contributed by atoms with Crippen LogP contribution in [0.3, 0.4) is 0 Å². The fourth-order valence-corrected chi connectivity index (χ4v) is 4.07. The normalized spacial score (nSPS) is 23.6. The van der Waals surface area contributed by atoms with Crippen LogP contribution in [-0.4, -0.2) is 36.6 Å². The van der Waals surface area contributed by atoms with E-state index in [-0.39, 0.29) is 17.4 Å². The lowest BCUT2D eigenvalue weighted by Gasteiger charge is -2.06. The van der Waals surface area contributed by atoms with Gasteiger partial charge in [0, 0.05) is 12.3 Å². The minimum Gasteiger partial charge on any atom is -0.339 e. The molecule has 2 N–H and O–H groups in total. The van der Waals surface area contributed by atoms with Gasteiger partial charge in [-0.15, -0.1) is 0 Å². The molecule has 1 saturated heterocycles. The van der Waals surface area contributed by atoms with Crippen LogP contribution in [-0.2, 0) is 16.3 Å². The van der Waals surface area contributed by atoms with Crippen LogP contribution in [0.2, 0.25) is 0 Å². The van der Waals surface area contributed by atoms with Crippen LogP contribution in [0.4, 0.5) is 0 Å².